The van der Waals surface area contributed by atoms with Crippen molar-refractivity contribution >= 4 is 11.9 Å². The molecule has 7 nitrogen and oxygen atoms in total. The highest BCUT2D eigenvalue weighted by Crippen LogP contribution is 2.17. The Balaban J connectivity index is 1.63. The normalized spacial score (nSPS) is 16.6. The number of aryl methyl sites for hydroxylation is 1. The van der Waals surface area contributed by atoms with Crippen molar-refractivity contribution in [1.82, 2.24) is 20.0 Å². The van der Waals surface area contributed by atoms with E-state index in [2.05, 4.69) is 15.3 Å². The molecular formula is C18H30N4O3. The average molecular weight is 350 g/mol. The van der Waals surface area contributed by atoms with Crippen molar-refractivity contribution < 1.29 is 14.3 Å². The molecule has 0 radical (unpaired) electrons. The van der Waals surface area contributed by atoms with E-state index < -0.39 is 5.60 Å². The minimum atomic E-state index is -0.420. The number of nitrogens with zero attached hydrogens (tertiary/aromatic N) is 3. The SMILES string of the molecule is Cn1cc(C(=O)NCC2CCN(CCC(=O)OC(C)(C)C)CC2)cn1. The zero-order chi connectivity index (χ0) is 18.4. The van der Waals surface area contributed by atoms with Crippen molar-refractivity contribution in [2.45, 2.75) is 45.6 Å². The van der Waals surface area contributed by atoms with Crippen LogP contribution in [0.5, 0.6) is 0 Å². The lowest BCUT2D eigenvalue weighted by atomic mass is 9.96. The van der Waals surface area contributed by atoms with E-state index in [9.17, 15) is 9.59 Å². The molecule has 0 unspecified atom stereocenters. The van der Waals surface area contributed by atoms with Crippen LogP contribution in [0.25, 0.3) is 0 Å². The van der Waals surface area contributed by atoms with Gasteiger partial charge in [-0.05, 0) is 52.6 Å². The molecule has 0 aliphatic carbocycles. The quantitative estimate of drug-likeness (QED) is 0.789. The fourth-order valence-corrected chi connectivity index (χ4v) is 2.93. The van der Waals surface area contributed by atoms with Crippen LogP contribution in [0.1, 0.15) is 50.4 Å². The van der Waals surface area contributed by atoms with E-state index in [0.29, 0.717) is 24.4 Å². The first-order chi connectivity index (χ1) is 11.7. The number of likely N-dealkylation sites (tertiary alicyclic amines) is 1. The van der Waals surface area contributed by atoms with Crippen LogP contribution >= 0.6 is 0 Å². The molecule has 2 heterocycles. The third-order valence-electron chi connectivity index (χ3n) is 4.28. The number of piperidine rings is 1. The molecule has 1 fully saturated rings. The van der Waals surface area contributed by atoms with Crippen LogP contribution < -0.4 is 5.32 Å². The third-order valence-corrected chi connectivity index (χ3v) is 4.28. The van der Waals surface area contributed by atoms with Gasteiger partial charge in [0.2, 0.25) is 0 Å². The van der Waals surface area contributed by atoms with Gasteiger partial charge in [-0.2, -0.15) is 5.10 Å². The van der Waals surface area contributed by atoms with Crippen LogP contribution in [0.3, 0.4) is 0 Å². The molecule has 0 spiro atoms. The number of carbonyl (C=O) groups excluding carboxylic acids is 2. The second kappa shape index (κ2) is 8.47. The average Bonchev–Trinajstić information content (AvgIpc) is 2.96. The summed E-state index contributed by atoms with van der Waals surface area (Å²) >= 11 is 0. The molecule has 1 aliphatic rings. The second-order valence-electron chi connectivity index (χ2n) is 7.73. The number of carbonyl (C=O) groups is 2. The monoisotopic (exact) mass is 350 g/mol. The van der Waals surface area contributed by atoms with E-state index in [0.717, 1.165) is 32.5 Å². The van der Waals surface area contributed by atoms with Crippen molar-refractivity contribution in [2.24, 2.45) is 13.0 Å². The van der Waals surface area contributed by atoms with Crippen molar-refractivity contribution in [3.8, 4) is 0 Å². The maximum atomic E-state index is 12.0. The number of esters is 1. The lowest BCUT2D eigenvalue weighted by Gasteiger charge is -2.32. The highest BCUT2D eigenvalue weighted by Gasteiger charge is 2.22. The molecule has 2 rings (SSSR count). The minimum Gasteiger partial charge on any atom is -0.460 e. The fraction of sp³-hybridized carbons (Fsp3) is 0.722. The van der Waals surface area contributed by atoms with Crippen molar-refractivity contribution in [1.29, 1.82) is 0 Å². The summed E-state index contributed by atoms with van der Waals surface area (Å²) < 4.78 is 6.96. The van der Waals surface area contributed by atoms with Crippen LogP contribution in [0, 0.1) is 5.92 Å². The predicted octanol–water partition coefficient (Wildman–Crippen LogP) is 1.59. The number of hydrogen-bond donors (Lipinski definition) is 1. The van der Waals surface area contributed by atoms with Crippen LogP contribution in [-0.4, -0.2) is 58.3 Å². The molecule has 0 aromatic carbocycles. The van der Waals surface area contributed by atoms with E-state index in [1.54, 1.807) is 24.1 Å². The number of ether oxygens (including phenoxy) is 1. The Kier molecular flexibility index (Phi) is 6.58. The first kappa shape index (κ1) is 19.4. The van der Waals surface area contributed by atoms with Crippen LogP contribution in [0.2, 0.25) is 0 Å². The van der Waals surface area contributed by atoms with Gasteiger partial charge in [-0.25, -0.2) is 0 Å². The van der Waals surface area contributed by atoms with Gasteiger partial charge in [0.25, 0.3) is 5.91 Å². The molecule has 0 bridgehead atoms. The smallest absolute Gasteiger partial charge is 0.307 e. The van der Waals surface area contributed by atoms with Crippen LogP contribution in [0.4, 0.5) is 0 Å². The lowest BCUT2D eigenvalue weighted by Crippen LogP contribution is -2.39. The number of hydrogen-bond acceptors (Lipinski definition) is 5. The molecule has 1 aromatic heterocycles. The fourth-order valence-electron chi connectivity index (χ4n) is 2.93. The third kappa shape index (κ3) is 6.86. The minimum absolute atomic E-state index is 0.0690. The van der Waals surface area contributed by atoms with E-state index in [4.69, 9.17) is 4.74 Å². The Labute approximate surface area is 149 Å². The Morgan fingerprint density at radius 2 is 2.00 bits per heavy atom. The van der Waals surface area contributed by atoms with E-state index in [1.165, 1.54) is 0 Å². The molecule has 0 saturated carbocycles. The van der Waals surface area contributed by atoms with Gasteiger partial charge in [0, 0.05) is 26.3 Å². The van der Waals surface area contributed by atoms with E-state index in [1.807, 2.05) is 20.8 Å². The Morgan fingerprint density at radius 1 is 1.32 bits per heavy atom. The summed E-state index contributed by atoms with van der Waals surface area (Å²) in [6, 6.07) is 0. The summed E-state index contributed by atoms with van der Waals surface area (Å²) in [4.78, 5) is 26.1. The van der Waals surface area contributed by atoms with Gasteiger partial charge < -0.3 is 15.0 Å². The Hall–Kier alpha value is -1.89. The highest BCUT2D eigenvalue weighted by atomic mass is 16.6. The zero-order valence-corrected chi connectivity index (χ0v) is 15.7. The van der Waals surface area contributed by atoms with Crippen LogP contribution in [-0.2, 0) is 16.6 Å². The van der Waals surface area contributed by atoms with Gasteiger partial charge in [-0.15, -0.1) is 0 Å². The number of rotatable bonds is 6. The van der Waals surface area contributed by atoms with Gasteiger partial charge in [0.15, 0.2) is 0 Å². The summed E-state index contributed by atoms with van der Waals surface area (Å²) in [5.41, 5.74) is 0.175. The standard InChI is InChI=1S/C18H30N4O3/c1-18(2,3)25-16(23)7-10-22-8-5-14(6-9-22)11-19-17(24)15-12-20-21(4)13-15/h12-14H,5-11H2,1-4H3,(H,19,24). The number of nitrogens with one attached hydrogen (secondary N) is 1. The Morgan fingerprint density at radius 3 is 2.56 bits per heavy atom. The van der Waals surface area contributed by atoms with Gasteiger partial charge in [-0.1, -0.05) is 0 Å². The Bertz CT molecular complexity index is 583. The van der Waals surface area contributed by atoms with E-state index in [-0.39, 0.29) is 11.9 Å². The number of amides is 1. The van der Waals surface area contributed by atoms with Gasteiger partial charge >= 0.3 is 5.97 Å². The largest absolute Gasteiger partial charge is 0.460 e. The van der Waals surface area contributed by atoms with Crippen LogP contribution in [0.15, 0.2) is 12.4 Å². The lowest BCUT2D eigenvalue weighted by molar-refractivity contribution is -0.155. The topological polar surface area (TPSA) is 76.5 Å². The maximum Gasteiger partial charge on any atom is 0.307 e. The highest BCUT2D eigenvalue weighted by molar-refractivity contribution is 5.93. The molecule has 1 saturated heterocycles. The van der Waals surface area contributed by atoms with Crippen molar-refractivity contribution in [2.75, 3.05) is 26.2 Å². The molecule has 1 N–H and O–H groups in total. The van der Waals surface area contributed by atoms with Gasteiger partial charge in [0.05, 0.1) is 18.2 Å². The molecule has 1 amide bonds. The summed E-state index contributed by atoms with van der Waals surface area (Å²) in [6.07, 6.45) is 5.78. The van der Waals surface area contributed by atoms with Gasteiger partial charge in [-0.3, -0.25) is 14.3 Å². The van der Waals surface area contributed by atoms with Gasteiger partial charge in [0.1, 0.15) is 5.60 Å². The van der Waals surface area contributed by atoms with E-state index >= 15 is 0 Å². The summed E-state index contributed by atoms with van der Waals surface area (Å²) in [6.45, 7) is 8.99. The molecule has 1 aromatic rings. The molecule has 1 aliphatic heterocycles. The molecule has 25 heavy (non-hydrogen) atoms. The van der Waals surface area contributed by atoms with Crippen molar-refractivity contribution in [3.05, 3.63) is 18.0 Å². The molecule has 140 valence electrons. The molecule has 7 heteroatoms. The molecular weight excluding hydrogens is 320 g/mol. The summed E-state index contributed by atoms with van der Waals surface area (Å²) in [5.74, 6) is 0.275. The summed E-state index contributed by atoms with van der Waals surface area (Å²) in [5, 5.41) is 7.00. The first-order valence-electron chi connectivity index (χ1n) is 8.94. The maximum absolute atomic E-state index is 12.0. The predicted molar refractivity (Wildman–Crippen MR) is 95.2 cm³/mol. The number of aromatic nitrogens is 2. The van der Waals surface area contributed by atoms with Crippen molar-refractivity contribution in [3.63, 3.8) is 0 Å². The first-order valence-corrected chi connectivity index (χ1v) is 8.94. The summed E-state index contributed by atoms with van der Waals surface area (Å²) in [7, 11) is 1.80. The molecule has 0 atom stereocenters. The second-order valence-corrected chi connectivity index (χ2v) is 7.73. The zero-order valence-electron chi connectivity index (χ0n) is 15.7.